The molecule has 0 aromatic heterocycles. The van der Waals surface area contributed by atoms with E-state index >= 15 is 0 Å². The van der Waals surface area contributed by atoms with E-state index in [-0.39, 0.29) is 0 Å². The van der Waals surface area contributed by atoms with Gasteiger partial charge in [0.25, 0.3) is 0 Å². The summed E-state index contributed by atoms with van der Waals surface area (Å²) >= 11 is 0. The standard InChI is InChI=1S/C15H30N2O/c1-13-6-9-17(10-7-14(2)16-13)8-3-11-18-12-15-4-5-15/h13-16H,3-12H2,1-2H3. The highest BCUT2D eigenvalue weighted by Crippen LogP contribution is 2.28. The highest BCUT2D eigenvalue weighted by atomic mass is 16.5. The van der Waals surface area contributed by atoms with Crippen LogP contribution in [-0.4, -0.2) is 49.8 Å². The first-order chi connectivity index (χ1) is 8.74. The number of nitrogens with one attached hydrogen (secondary N) is 1. The van der Waals surface area contributed by atoms with Gasteiger partial charge >= 0.3 is 0 Å². The SMILES string of the molecule is CC1CCN(CCCOCC2CC2)CCC(C)N1. The third-order valence-electron chi connectivity index (χ3n) is 4.14. The minimum Gasteiger partial charge on any atom is -0.381 e. The molecule has 2 rings (SSSR count). The molecule has 3 nitrogen and oxygen atoms in total. The summed E-state index contributed by atoms with van der Waals surface area (Å²) in [5.74, 6) is 0.902. The van der Waals surface area contributed by atoms with Crippen molar-refractivity contribution in [1.82, 2.24) is 10.2 Å². The average Bonchev–Trinajstić information content (AvgIpc) is 3.13. The van der Waals surface area contributed by atoms with Crippen LogP contribution in [-0.2, 0) is 4.74 Å². The van der Waals surface area contributed by atoms with Crippen molar-refractivity contribution >= 4 is 0 Å². The van der Waals surface area contributed by atoms with Gasteiger partial charge in [-0.1, -0.05) is 0 Å². The van der Waals surface area contributed by atoms with Crippen LogP contribution in [0.15, 0.2) is 0 Å². The molecular weight excluding hydrogens is 224 g/mol. The molecule has 1 aliphatic heterocycles. The Bertz CT molecular complexity index is 219. The Kier molecular flexibility index (Phi) is 5.93. The van der Waals surface area contributed by atoms with E-state index < -0.39 is 0 Å². The molecule has 0 spiro atoms. The molecule has 1 saturated carbocycles. The van der Waals surface area contributed by atoms with Crippen molar-refractivity contribution in [3.63, 3.8) is 0 Å². The Balaban J connectivity index is 1.55. The average molecular weight is 254 g/mol. The Morgan fingerprint density at radius 2 is 1.72 bits per heavy atom. The lowest BCUT2D eigenvalue weighted by atomic mass is 10.1. The van der Waals surface area contributed by atoms with Crippen LogP contribution < -0.4 is 5.32 Å². The maximum absolute atomic E-state index is 5.71. The molecule has 0 radical (unpaired) electrons. The summed E-state index contributed by atoms with van der Waals surface area (Å²) in [5, 5.41) is 3.65. The van der Waals surface area contributed by atoms with Crippen LogP contribution in [0.1, 0.15) is 46.0 Å². The van der Waals surface area contributed by atoms with Crippen molar-refractivity contribution < 1.29 is 4.74 Å². The van der Waals surface area contributed by atoms with Gasteiger partial charge in [0.2, 0.25) is 0 Å². The highest BCUT2D eigenvalue weighted by Gasteiger charge is 2.21. The third-order valence-corrected chi connectivity index (χ3v) is 4.14. The minimum absolute atomic E-state index is 0.661. The largest absolute Gasteiger partial charge is 0.381 e. The van der Waals surface area contributed by atoms with E-state index in [9.17, 15) is 0 Å². The van der Waals surface area contributed by atoms with E-state index in [1.54, 1.807) is 0 Å². The number of hydrogen-bond acceptors (Lipinski definition) is 3. The number of rotatable bonds is 6. The van der Waals surface area contributed by atoms with E-state index in [4.69, 9.17) is 4.74 Å². The van der Waals surface area contributed by atoms with Crippen molar-refractivity contribution in [3.05, 3.63) is 0 Å². The summed E-state index contributed by atoms with van der Waals surface area (Å²) in [6, 6.07) is 1.32. The molecule has 0 aromatic rings. The van der Waals surface area contributed by atoms with Gasteiger partial charge in [-0.2, -0.15) is 0 Å². The molecule has 0 bridgehead atoms. The molecule has 0 amide bonds. The summed E-state index contributed by atoms with van der Waals surface area (Å²) in [6.45, 7) is 10.3. The second-order valence-electron chi connectivity index (χ2n) is 6.26. The molecule has 106 valence electrons. The summed E-state index contributed by atoms with van der Waals surface area (Å²) in [7, 11) is 0. The second kappa shape index (κ2) is 7.46. The lowest BCUT2D eigenvalue weighted by Gasteiger charge is -2.30. The van der Waals surface area contributed by atoms with E-state index in [2.05, 4.69) is 24.1 Å². The highest BCUT2D eigenvalue weighted by molar-refractivity contribution is 4.75. The van der Waals surface area contributed by atoms with Crippen LogP contribution in [0, 0.1) is 5.92 Å². The summed E-state index contributed by atoms with van der Waals surface area (Å²) in [4.78, 5) is 2.62. The molecule has 1 N–H and O–H groups in total. The zero-order valence-electron chi connectivity index (χ0n) is 12.2. The fraction of sp³-hybridized carbons (Fsp3) is 1.00. The molecule has 2 fully saturated rings. The molecule has 2 aliphatic rings. The van der Waals surface area contributed by atoms with Gasteiger partial charge in [-0.25, -0.2) is 0 Å². The first kappa shape index (κ1) is 14.3. The van der Waals surface area contributed by atoms with Crippen molar-refractivity contribution in [3.8, 4) is 0 Å². The molecule has 1 aliphatic carbocycles. The predicted octanol–water partition coefficient (Wildman–Crippen LogP) is 2.27. The number of ether oxygens (including phenoxy) is 1. The van der Waals surface area contributed by atoms with Gasteiger partial charge in [0.15, 0.2) is 0 Å². The Labute approximate surface area is 112 Å². The molecule has 18 heavy (non-hydrogen) atoms. The topological polar surface area (TPSA) is 24.5 Å². The normalized spacial score (nSPS) is 31.0. The first-order valence-electron chi connectivity index (χ1n) is 7.80. The Morgan fingerprint density at radius 3 is 2.33 bits per heavy atom. The fourth-order valence-corrected chi connectivity index (χ4v) is 2.66. The van der Waals surface area contributed by atoms with E-state index in [0.29, 0.717) is 12.1 Å². The fourth-order valence-electron chi connectivity index (χ4n) is 2.66. The summed E-state index contributed by atoms with van der Waals surface area (Å²) < 4.78 is 5.71. The quantitative estimate of drug-likeness (QED) is 0.736. The monoisotopic (exact) mass is 254 g/mol. The lowest BCUT2D eigenvalue weighted by Crippen LogP contribution is -2.43. The van der Waals surface area contributed by atoms with E-state index in [0.717, 1.165) is 19.1 Å². The van der Waals surface area contributed by atoms with Crippen molar-refractivity contribution in [1.29, 1.82) is 0 Å². The number of hydrogen-bond donors (Lipinski definition) is 1. The summed E-state index contributed by atoms with van der Waals surface area (Å²) in [6.07, 6.45) is 6.53. The van der Waals surface area contributed by atoms with Gasteiger partial charge < -0.3 is 15.0 Å². The maximum Gasteiger partial charge on any atom is 0.0494 e. The van der Waals surface area contributed by atoms with Gasteiger partial charge in [0, 0.05) is 31.8 Å². The molecule has 3 heteroatoms. The van der Waals surface area contributed by atoms with Crippen LogP contribution in [0.5, 0.6) is 0 Å². The smallest absolute Gasteiger partial charge is 0.0494 e. The second-order valence-corrected chi connectivity index (χ2v) is 6.26. The van der Waals surface area contributed by atoms with Crippen LogP contribution in [0.4, 0.5) is 0 Å². The molecule has 2 unspecified atom stereocenters. The third kappa shape index (κ3) is 5.68. The van der Waals surface area contributed by atoms with Gasteiger partial charge in [-0.3, -0.25) is 0 Å². The zero-order chi connectivity index (χ0) is 12.8. The minimum atomic E-state index is 0.661. The Morgan fingerprint density at radius 1 is 1.06 bits per heavy atom. The van der Waals surface area contributed by atoms with Gasteiger partial charge in [0.05, 0.1) is 0 Å². The van der Waals surface area contributed by atoms with Crippen molar-refractivity contribution in [2.24, 2.45) is 5.92 Å². The first-order valence-corrected chi connectivity index (χ1v) is 7.80. The van der Waals surface area contributed by atoms with Crippen LogP contribution in [0.2, 0.25) is 0 Å². The van der Waals surface area contributed by atoms with Crippen molar-refractivity contribution in [2.75, 3.05) is 32.8 Å². The summed E-state index contributed by atoms with van der Waals surface area (Å²) in [5.41, 5.74) is 0. The van der Waals surface area contributed by atoms with E-state index in [1.807, 2.05) is 0 Å². The van der Waals surface area contributed by atoms with Crippen LogP contribution >= 0.6 is 0 Å². The zero-order valence-corrected chi connectivity index (χ0v) is 12.2. The van der Waals surface area contributed by atoms with Crippen LogP contribution in [0.3, 0.4) is 0 Å². The number of nitrogens with zero attached hydrogens (tertiary/aromatic N) is 1. The molecule has 1 heterocycles. The van der Waals surface area contributed by atoms with Crippen molar-refractivity contribution in [2.45, 2.75) is 58.0 Å². The lowest BCUT2D eigenvalue weighted by molar-refractivity contribution is 0.109. The van der Waals surface area contributed by atoms with Crippen LogP contribution in [0.25, 0.3) is 0 Å². The van der Waals surface area contributed by atoms with Gasteiger partial charge in [0.1, 0.15) is 0 Å². The molecule has 2 atom stereocenters. The molecule has 1 saturated heterocycles. The van der Waals surface area contributed by atoms with E-state index in [1.165, 1.54) is 51.7 Å². The molecule has 0 aromatic carbocycles. The van der Waals surface area contributed by atoms with Gasteiger partial charge in [-0.05, 0) is 65.0 Å². The molecular formula is C15H30N2O. The maximum atomic E-state index is 5.71. The Hall–Kier alpha value is -0.120. The van der Waals surface area contributed by atoms with Gasteiger partial charge in [-0.15, -0.1) is 0 Å². The predicted molar refractivity (Wildman–Crippen MR) is 75.9 cm³/mol.